The van der Waals surface area contributed by atoms with Gasteiger partial charge >= 0.3 is 6.18 Å². The first kappa shape index (κ1) is 13.3. The molecule has 1 aliphatic heterocycles. The summed E-state index contributed by atoms with van der Waals surface area (Å²) >= 11 is 0. The van der Waals surface area contributed by atoms with Gasteiger partial charge in [0.1, 0.15) is 0 Å². The number of nitrogens with one attached hydrogen (secondary N) is 1. The maximum absolute atomic E-state index is 12.0. The van der Waals surface area contributed by atoms with Crippen molar-refractivity contribution in [2.24, 2.45) is 5.92 Å². The van der Waals surface area contributed by atoms with Crippen LogP contribution in [0.15, 0.2) is 0 Å². The van der Waals surface area contributed by atoms with E-state index in [-0.39, 0.29) is 24.4 Å². The highest BCUT2D eigenvalue weighted by Gasteiger charge is 2.33. The molecule has 0 aromatic heterocycles. The quantitative estimate of drug-likeness (QED) is 0.806. The van der Waals surface area contributed by atoms with Gasteiger partial charge < -0.3 is 10.2 Å². The third kappa shape index (κ3) is 3.66. The molecule has 1 amide bonds. The number of rotatable bonds is 3. The van der Waals surface area contributed by atoms with E-state index in [1.165, 1.54) is 11.9 Å². The summed E-state index contributed by atoms with van der Waals surface area (Å²) in [7, 11) is 1.43. The Hall–Kier alpha value is -0.780. The lowest BCUT2D eigenvalue weighted by molar-refractivity contribution is -0.146. The number of halogens is 3. The first-order valence-corrected chi connectivity index (χ1v) is 5.36. The van der Waals surface area contributed by atoms with Crippen LogP contribution in [0.2, 0.25) is 0 Å². The van der Waals surface area contributed by atoms with Gasteiger partial charge in [0.15, 0.2) is 0 Å². The van der Waals surface area contributed by atoms with Gasteiger partial charge in [-0.15, -0.1) is 0 Å². The second kappa shape index (κ2) is 5.03. The summed E-state index contributed by atoms with van der Waals surface area (Å²) < 4.78 is 35.9. The second-order valence-electron chi connectivity index (χ2n) is 4.26. The molecule has 1 heterocycles. The first-order valence-electron chi connectivity index (χ1n) is 5.36. The Morgan fingerprint density at radius 1 is 1.50 bits per heavy atom. The predicted octanol–water partition coefficient (Wildman–Crippen LogP) is 1.40. The molecule has 0 bridgehead atoms. The number of alkyl halides is 3. The zero-order chi connectivity index (χ0) is 12.3. The minimum atomic E-state index is -4.20. The number of hydrogen-bond donors (Lipinski definition) is 1. The Morgan fingerprint density at radius 3 is 2.56 bits per heavy atom. The van der Waals surface area contributed by atoms with Gasteiger partial charge in [-0.05, 0) is 19.9 Å². The summed E-state index contributed by atoms with van der Waals surface area (Å²) in [5, 5.41) is 3.11. The summed E-state index contributed by atoms with van der Waals surface area (Å²) in [6, 6.07) is 0.0563. The molecule has 1 aliphatic rings. The Kier molecular flexibility index (Phi) is 4.18. The van der Waals surface area contributed by atoms with E-state index in [0.717, 1.165) is 6.54 Å². The van der Waals surface area contributed by atoms with Crippen molar-refractivity contribution in [3.63, 3.8) is 0 Å². The average Bonchev–Trinajstić information content (AvgIpc) is 2.58. The van der Waals surface area contributed by atoms with Crippen molar-refractivity contribution in [2.75, 3.05) is 20.1 Å². The maximum Gasteiger partial charge on any atom is 0.390 e. The Balaban J connectivity index is 2.41. The Bertz CT molecular complexity index is 255. The van der Waals surface area contributed by atoms with Crippen molar-refractivity contribution in [1.82, 2.24) is 10.2 Å². The van der Waals surface area contributed by atoms with Crippen LogP contribution in [0.4, 0.5) is 13.2 Å². The van der Waals surface area contributed by atoms with E-state index in [0.29, 0.717) is 6.42 Å². The molecule has 2 unspecified atom stereocenters. The van der Waals surface area contributed by atoms with Crippen LogP contribution in [-0.2, 0) is 4.79 Å². The van der Waals surface area contributed by atoms with Gasteiger partial charge in [0.05, 0.1) is 12.3 Å². The first-order chi connectivity index (χ1) is 7.31. The SMILES string of the molecule is CC1NCCC1C(=O)N(C)CCC(F)(F)F. The maximum atomic E-state index is 12.0. The number of amides is 1. The number of nitrogens with zero attached hydrogens (tertiary/aromatic N) is 1. The fourth-order valence-corrected chi connectivity index (χ4v) is 1.88. The van der Waals surface area contributed by atoms with E-state index in [4.69, 9.17) is 0 Å². The fourth-order valence-electron chi connectivity index (χ4n) is 1.88. The highest BCUT2D eigenvalue weighted by atomic mass is 19.4. The molecule has 3 nitrogen and oxygen atoms in total. The largest absolute Gasteiger partial charge is 0.390 e. The third-order valence-electron chi connectivity index (χ3n) is 2.95. The fraction of sp³-hybridized carbons (Fsp3) is 0.900. The van der Waals surface area contributed by atoms with Crippen LogP contribution in [-0.4, -0.2) is 43.2 Å². The van der Waals surface area contributed by atoms with Crippen LogP contribution < -0.4 is 5.32 Å². The van der Waals surface area contributed by atoms with Crippen molar-refractivity contribution >= 4 is 5.91 Å². The van der Waals surface area contributed by atoms with Crippen molar-refractivity contribution in [3.8, 4) is 0 Å². The monoisotopic (exact) mass is 238 g/mol. The molecule has 0 spiro atoms. The van der Waals surface area contributed by atoms with Gasteiger partial charge in [0.2, 0.25) is 5.91 Å². The van der Waals surface area contributed by atoms with Gasteiger partial charge in [-0.2, -0.15) is 13.2 Å². The smallest absolute Gasteiger partial charge is 0.345 e. The minimum Gasteiger partial charge on any atom is -0.345 e. The minimum absolute atomic E-state index is 0.0563. The third-order valence-corrected chi connectivity index (χ3v) is 2.95. The van der Waals surface area contributed by atoms with Crippen molar-refractivity contribution < 1.29 is 18.0 Å². The predicted molar refractivity (Wildman–Crippen MR) is 53.9 cm³/mol. The highest BCUT2D eigenvalue weighted by Crippen LogP contribution is 2.21. The van der Waals surface area contributed by atoms with Crippen LogP contribution in [0.25, 0.3) is 0 Å². The van der Waals surface area contributed by atoms with Crippen molar-refractivity contribution in [3.05, 3.63) is 0 Å². The molecule has 0 aliphatic carbocycles. The van der Waals surface area contributed by atoms with E-state index in [1.807, 2.05) is 6.92 Å². The number of carbonyl (C=O) groups excluding carboxylic acids is 1. The lowest BCUT2D eigenvalue weighted by Gasteiger charge is -2.23. The number of hydrogen-bond acceptors (Lipinski definition) is 2. The molecular formula is C10H17F3N2O. The lowest BCUT2D eigenvalue weighted by atomic mass is 10.0. The van der Waals surface area contributed by atoms with E-state index >= 15 is 0 Å². The van der Waals surface area contributed by atoms with Gasteiger partial charge in [0, 0.05) is 19.6 Å². The summed E-state index contributed by atoms with van der Waals surface area (Å²) in [5.74, 6) is -0.375. The van der Waals surface area contributed by atoms with Crippen LogP contribution in [0, 0.1) is 5.92 Å². The van der Waals surface area contributed by atoms with Gasteiger partial charge in [0.25, 0.3) is 0 Å². The highest BCUT2D eigenvalue weighted by molar-refractivity contribution is 5.79. The number of carbonyl (C=O) groups is 1. The normalized spacial score (nSPS) is 25.8. The van der Waals surface area contributed by atoms with Crippen LogP contribution in [0.3, 0.4) is 0 Å². The molecule has 94 valence electrons. The standard InChI is InChI=1S/C10H17F3N2O/c1-7-8(3-5-14-7)9(16)15(2)6-4-10(11,12)13/h7-8,14H,3-6H2,1-2H3. The second-order valence-corrected chi connectivity index (χ2v) is 4.26. The summed E-state index contributed by atoms with van der Waals surface area (Å²) in [4.78, 5) is 13.0. The van der Waals surface area contributed by atoms with E-state index in [1.54, 1.807) is 0 Å². The van der Waals surface area contributed by atoms with Gasteiger partial charge in [-0.3, -0.25) is 4.79 Å². The van der Waals surface area contributed by atoms with Crippen LogP contribution >= 0.6 is 0 Å². The van der Waals surface area contributed by atoms with Gasteiger partial charge in [-0.1, -0.05) is 0 Å². The molecule has 0 saturated carbocycles. The van der Waals surface area contributed by atoms with Crippen LogP contribution in [0.1, 0.15) is 19.8 Å². The zero-order valence-corrected chi connectivity index (χ0v) is 9.47. The van der Waals surface area contributed by atoms with Crippen LogP contribution in [0.5, 0.6) is 0 Å². The van der Waals surface area contributed by atoms with Gasteiger partial charge in [-0.25, -0.2) is 0 Å². The molecule has 0 radical (unpaired) electrons. The summed E-state index contributed by atoms with van der Waals surface area (Å²) in [6.45, 7) is 2.38. The van der Waals surface area contributed by atoms with E-state index in [9.17, 15) is 18.0 Å². The summed E-state index contributed by atoms with van der Waals surface area (Å²) in [5.41, 5.74) is 0. The lowest BCUT2D eigenvalue weighted by Crippen LogP contribution is -2.39. The molecule has 1 fully saturated rings. The molecule has 6 heteroatoms. The summed E-state index contributed by atoms with van der Waals surface area (Å²) in [6.07, 6.45) is -4.44. The average molecular weight is 238 g/mol. The molecule has 0 aromatic carbocycles. The molecule has 0 aromatic rings. The van der Waals surface area contributed by atoms with Crippen molar-refractivity contribution in [2.45, 2.75) is 32.0 Å². The Labute approximate surface area is 93.0 Å². The Morgan fingerprint density at radius 2 is 2.12 bits per heavy atom. The molecule has 2 atom stereocenters. The molecule has 1 rings (SSSR count). The molecule has 16 heavy (non-hydrogen) atoms. The molecular weight excluding hydrogens is 221 g/mol. The molecule has 1 N–H and O–H groups in total. The van der Waals surface area contributed by atoms with Crippen molar-refractivity contribution in [1.29, 1.82) is 0 Å². The molecule has 1 saturated heterocycles. The van der Waals surface area contributed by atoms with E-state index in [2.05, 4.69) is 5.32 Å². The topological polar surface area (TPSA) is 32.3 Å². The van der Waals surface area contributed by atoms with E-state index < -0.39 is 12.6 Å². The zero-order valence-electron chi connectivity index (χ0n) is 9.47.